The molecule has 0 fully saturated rings. The highest BCUT2D eigenvalue weighted by molar-refractivity contribution is 7.86. The molecule has 0 spiro atoms. The Hall–Kier alpha value is -5.14. The Morgan fingerprint density at radius 3 is 1.62 bits per heavy atom. The molecule has 0 saturated heterocycles. The van der Waals surface area contributed by atoms with Crippen LogP contribution in [0.4, 0.5) is 22.7 Å². The third-order valence-electron chi connectivity index (χ3n) is 7.13. The Balaban J connectivity index is 1.38. The summed E-state index contributed by atoms with van der Waals surface area (Å²) in [5, 5.41) is 19.9. The normalized spacial score (nSPS) is 12.5. The van der Waals surface area contributed by atoms with Gasteiger partial charge in [0.25, 0.3) is 20.2 Å². The maximum Gasteiger partial charge on any atom is 0.295 e. The Bertz CT molecular complexity index is 2340. The molecule has 6 aromatic rings. The van der Waals surface area contributed by atoms with Gasteiger partial charge in [-0.3, -0.25) is 9.11 Å². The molecule has 10 nitrogen and oxygen atoms in total. The van der Waals surface area contributed by atoms with Crippen molar-refractivity contribution in [1.29, 1.82) is 0 Å². The average molecular weight is 637 g/mol. The minimum absolute atomic E-state index is 0.198. The molecule has 45 heavy (non-hydrogen) atoms. The van der Waals surface area contributed by atoms with Crippen LogP contribution in [0.3, 0.4) is 0 Å². The van der Waals surface area contributed by atoms with Gasteiger partial charge in [0.05, 0.1) is 27.6 Å². The van der Waals surface area contributed by atoms with E-state index in [2.05, 4.69) is 20.5 Å². The number of hydrogen-bond acceptors (Lipinski definition) is 8. The van der Waals surface area contributed by atoms with Crippen LogP contribution in [-0.2, 0) is 26.7 Å². The summed E-state index contributed by atoms with van der Waals surface area (Å²) in [6.07, 6.45) is 0.451. The fraction of sp³-hybridized carbons (Fsp3) is 0.0303. The molecule has 0 amide bonds. The van der Waals surface area contributed by atoms with Gasteiger partial charge in [-0.05, 0) is 66.1 Å². The predicted molar refractivity (Wildman–Crippen MR) is 172 cm³/mol. The summed E-state index contributed by atoms with van der Waals surface area (Å²) in [4.78, 5) is -0.440. The maximum absolute atomic E-state index is 12.4. The first-order valence-electron chi connectivity index (χ1n) is 13.6. The minimum atomic E-state index is -4.53. The molecule has 0 saturated carbocycles. The molecule has 6 aromatic carbocycles. The second-order valence-corrected chi connectivity index (χ2v) is 12.9. The first-order valence-corrected chi connectivity index (χ1v) is 16.4. The first kappa shape index (κ1) is 29.9. The number of rotatable bonds is 8. The lowest BCUT2D eigenvalue weighted by molar-refractivity contribution is 0.481. The molecule has 12 heteroatoms. The molecule has 0 aliphatic heterocycles. The van der Waals surface area contributed by atoms with E-state index in [1.807, 2.05) is 54.6 Å². The lowest BCUT2D eigenvalue weighted by Gasteiger charge is -2.12. The van der Waals surface area contributed by atoms with Crippen molar-refractivity contribution in [3.8, 4) is 0 Å². The molecule has 0 aliphatic carbocycles. The Morgan fingerprint density at radius 2 is 1.02 bits per heavy atom. The van der Waals surface area contributed by atoms with Gasteiger partial charge in [-0.25, -0.2) is 0 Å². The highest BCUT2D eigenvalue weighted by Gasteiger charge is 2.19. The monoisotopic (exact) mass is 636 g/mol. The molecular weight excluding hydrogens is 613 g/mol. The molecule has 0 atom stereocenters. The highest BCUT2D eigenvalue weighted by Crippen LogP contribution is 2.38. The van der Waals surface area contributed by atoms with Crippen molar-refractivity contribution in [3.63, 3.8) is 0 Å². The van der Waals surface area contributed by atoms with Crippen LogP contribution in [-0.4, -0.2) is 25.9 Å². The van der Waals surface area contributed by atoms with Gasteiger partial charge >= 0.3 is 0 Å². The molecule has 0 bridgehead atoms. The highest BCUT2D eigenvalue weighted by atomic mass is 32.2. The quantitative estimate of drug-likeness (QED) is 0.125. The molecule has 6 rings (SSSR count). The van der Waals surface area contributed by atoms with E-state index in [1.165, 1.54) is 30.3 Å². The van der Waals surface area contributed by atoms with Crippen LogP contribution in [0.2, 0.25) is 0 Å². The van der Waals surface area contributed by atoms with Crippen molar-refractivity contribution in [2.45, 2.75) is 16.2 Å². The van der Waals surface area contributed by atoms with Crippen LogP contribution >= 0.6 is 0 Å². The van der Waals surface area contributed by atoms with E-state index >= 15 is 0 Å². The lowest BCUT2D eigenvalue weighted by atomic mass is 9.97. The molecule has 224 valence electrons. The van der Waals surface area contributed by atoms with E-state index in [-0.39, 0.29) is 9.79 Å². The zero-order valence-corrected chi connectivity index (χ0v) is 25.0. The van der Waals surface area contributed by atoms with Gasteiger partial charge in [0.15, 0.2) is 0 Å². The Morgan fingerprint density at radius 1 is 0.489 bits per heavy atom. The van der Waals surface area contributed by atoms with Gasteiger partial charge in [0, 0.05) is 21.5 Å². The van der Waals surface area contributed by atoms with Crippen LogP contribution in [0, 0.1) is 0 Å². The smallest absolute Gasteiger partial charge is 0.282 e. The molecule has 2 N–H and O–H groups in total. The van der Waals surface area contributed by atoms with Crippen molar-refractivity contribution >= 4 is 64.5 Å². The van der Waals surface area contributed by atoms with Gasteiger partial charge in [-0.15, -0.1) is 15.3 Å². The van der Waals surface area contributed by atoms with Crippen LogP contribution < -0.4 is 0 Å². The zero-order valence-electron chi connectivity index (χ0n) is 23.4. The molecule has 0 aromatic heterocycles. The van der Waals surface area contributed by atoms with E-state index in [0.717, 1.165) is 21.9 Å². The van der Waals surface area contributed by atoms with Gasteiger partial charge in [-0.1, -0.05) is 72.8 Å². The fourth-order valence-corrected chi connectivity index (χ4v) is 6.27. The number of benzene rings is 6. The summed E-state index contributed by atoms with van der Waals surface area (Å²) in [6.45, 7) is 0. The van der Waals surface area contributed by atoms with Gasteiger partial charge < -0.3 is 0 Å². The largest absolute Gasteiger partial charge is 0.295 e. The average Bonchev–Trinajstić information content (AvgIpc) is 3.03. The van der Waals surface area contributed by atoms with Crippen molar-refractivity contribution in [2.75, 3.05) is 0 Å². The molecule has 0 heterocycles. The fourth-order valence-electron chi connectivity index (χ4n) is 5.04. The molecule has 0 aliphatic rings. The van der Waals surface area contributed by atoms with E-state index in [9.17, 15) is 25.9 Å². The second kappa shape index (κ2) is 12.1. The Kier molecular flexibility index (Phi) is 8.04. The standard InChI is InChI=1S/C33H24N4O6S2/c38-44(39,40)25-16-14-24(15-17-25)34-35-29-19-20-30(27-10-5-4-9-26(27)29)36-37-31-18-13-23(21-22-7-2-1-3-8-22)33-28(31)11-6-12-32(33)45(41,42)43/h1-20H,21H2,(H,38,39,40)(H,41,42,43). The predicted octanol–water partition coefficient (Wildman–Crippen LogP) is 8.91. The van der Waals surface area contributed by atoms with Gasteiger partial charge in [-0.2, -0.15) is 21.9 Å². The third kappa shape index (κ3) is 6.54. The van der Waals surface area contributed by atoms with E-state index < -0.39 is 20.2 Å². The third-order valence-corrected chi connectivity index (χ3v) is 8.90. The second-order valence-electron chi connectivity index (χ2n) is 10.1. The first-order chi connectivity index (χ1) is 21.6. The maximum atomic E-state index is 12.4. The topological polar surface area (TPSA) is 158 Å². The SMILES string of the molecule is O=S(=O)(O)c1ccc(N=Nc2ccc(N=Nc3ccc(Cc4ccccc4)c4c(S(=O)(=O)O)cccc34)c3ccccc23)cc1. The lowest BCUT2D eigenvalue weighted by Crippen LogP contribution is -2.01. The number of azo groups is 2. The van der Waals surface area contributed by atoms with Gasteiger partial charge in [0.1, 0.15) is 4.90 Å². The van der Waals surface area contributed by atoms with Crippen LogP contribution in [0.15, 0.2) is 152 Å². The van der Waals surface area contributed by atoms with E-state index in [0.29, 0.717) is 39.9 Å². The molecule has 0 unspecified atom stereocenters. The summed E-state index contributed by atoms with van der Waals surface area (Å²) in [6, 6.07) is 34.1. The summed E-state index contributed by atoms with van der Waals surface area (Å²) in [5.74, 6) is 0. The van der Waals surface area contributed by atoms with E-state index in [1.54, 1.807) is 36.4 Å². The van der Waals surface area contributed by atoms with Crippen molar-refractivity contribution in [1.82, 2.24) is 0 Å². The zero-order chi connectivity index (χ0) is 31.6. The van der Waals surface area contributed by atoms with Crippen molar-refractivity contribution in [2.24, 2.45) is 20.5 Å². The summed E-state index contributed by atoms with van der Waals surface area (Å²) in [7, 11) is -8.84. The summed E-state index contributed by atoms with van der Waals surface area (Å²) < 4.78 is 66.6. The molecular formula is C33H24N4O6S2. The number of hydrogen-bond donors (Lipinski definition) is 2. The van der Waals surface area contributed by atoms with Crippen molar-refractivity contribution in [3.05, 3.63) is 132 Å². The number of nitrogens with zero attached hydrogens (tertiary/aromatic N) is 4. The minimum Gasteiger partial charge on any atom is -0.282 e. The van der Waals surface area contributed by atoms with Crippen LogP contribution in [0.5, 0.6) is 0 Å². The van der Waals surface area contributed by atoms with Crippen LogP contribution in [0.25, 0.3) is 21.5 Å². The molecule has 0 radical (unpaired) electrons. The van der Waals surface area contributed by atoms with E-state index in [4.69, 9.17) is 0 Å². The summed E-state index contributed by atoms with van der Waals surface area (Å²) in [5.41, 5.74) is 3.59. The van der Waals surface area contributed by atoms with Crippen LogP contribution in [0.1, 0.15) is 11.1 Å². The van der Waals surface area contributed by atoms with Crippen molar-refractivity contribution < 1.29 is 25.9 Å². The summed E-state index contributed by atoms with van der Waals surface area (Å²) >= 11 is 0. The van der Waals surface area contributed by atoms with Gasteiger partial charge in [0.2, 0.25) is 0 Å². The Labute approximate surface area is 258 Å². The number of fused-ring (bicyclic) bond motifs is 2.